The van der Waals surface area contributed by atoms with Crippen molar-refractivity contribution in [2.45, 2.75) is 32.5 Å². The van der Waals surface area contributed by atoms with Gasteiger partial charge in [-0.1, -0.05) is 26.0 Å². The molecule has 0 spiro atoms. The van der Waals surface area contributed by atoms with Gasteiger partial charge in [0.25, 0.3) is 0 Å². The zero-order valence-corrected chi connectivity index (χ0v) is 10.5. The molecule has 0 aliphatic rings. The predicted octanol–water partition coefficient (Wildman–Crippen LogP) is 0.883. The SMILES string of the molecule is CC(C)NCC(O)COc1ccc(CN)cc1. The van der Waals surface area contributed by atoms with Crippen molar-refractivity contribution in [2.75, 3.05) is 13.2 Å². The molecule has 4 N–H and O–H groups in total. The molecule has 0 amide bonds. The lowest BCUT2D eigenvalue weighted by Gasteiger charge is -2.15. The van der Waals surface area contributed by atoms with Crippen molar-refractivity contribution >= 4 is 0 Å². The fourth-order valence-electron chi connectivity index (χ4n) is 1.34. The third-order valence-electron chi connectivity index (χ3n) is 2.36. The zero-order valence-electron chi connectivity index (χ0n) is 10.5. The molecule has 1 atom stereocenters. The molecule has 0 aliphatic heterocycles. The number of benzene rings is 1. The van der Waals surface area contributed by atoms with E-state index in [9.17, 15) is 5.11 Å². The van der Waals surface area contributed by atoms with Gasteiger partial charge in [0.05, 0.1) is 0 Å². The van der Waals surface area contributed by atoms with E-state index in [1.807, 2.05) is 38.1 Å². The van der Waals surface area contributed by atoms with Gasteiger partial charge in [0.15, 0.2) is 0 Å². The highest BCUT2D eigenvalue weighted by atomic mass is 16.5. The smallest absolute Gasteiger partial charge is 0.119 e. The third kappa shape index (κ3) is 5.68. The Morgan fingerprint density at radius 3 is 2.47 bits per heavy atom. The van der Waals surface area contributed by atoms with E-state index in [1.54, 1.807) is 0 Å². The minimum absolute atomic E-state index is 0.293. The molecule has 0 radical (unpaired) electrons. The normalized spacial score (nSPS) is 12.8. The maximum atomic E-state index is 9.65. The molecule has 0 aromatic heterocycles. The lowest BCUT2D eigenvalue weighted by Crippen LogP contribution is -2.35. The molecule has 1 unspecified atom stereocenters. The van der Waals surface area contributed by atoms with Crippen molar-refractivity contribution in [1.29, 1.82) is 0 Å². The Balaban J connectivity index is 2.29. The van der Waals surface area contributed by atoms with Crippen molar-refractivity contribution < 1.29 is 9.84 Å². The minimum Gasteiger partial charge on any atom is -0.491 e. The Morgan fingerprint density at radius 2 is 1.94 bits per heavy atom. The topological polar surface area (TPSA) is 67.5 Å². The van der Waals surface area contributed by atoms with Crippen LogP contribution >= 0.6 is 0 Å². The molecule has 0 aliphatic carbocycles. The van der Waals surface area contributed by atoms with Crippen molar-refractivity contribution in [3.8, 4) is 5.75 Å². The fourth-order valence-corrected chi connectivity index (χ4v) is 1.34. The number of nitrogens with two attached hydrogens (primary N) is 1. The Bertz CT molecular complexity index is 312. The van der Waals surface area contributed by atoms with Crippen LogP contribution in [0, 0.1) is 0 Å². The second kappa shape index (κ2) is 7.27. The zero-order chi connectivity index (χ0) is 12.7. The van der Waals surface area contributed by atoms with Gasteiger partial charge in [0.2, 0.25) is 0 Å². The lowest BCUT2D eigenvalue weighted by atomic mass is 10.2. The average Bonchev–Trinajstić information content (AvgIpc) is 2.34. The first-order valence-corrected chi connectivity index (χ1v) is 5.95. The van der Waals surface area contributed by atoms with E-state index in [0.29, 0.717) is 25.7 Å². The molecule has 4 nitrogen and oxygen atoms in total. The summed E-state index contributed by atoms with van der Waals surface area (Å²) in [6, 6.07) is 7.95. The number of nitrogens with one attached hydrogen (secondary N) is 1. The second-order valence-corrected chi connectivity index (χ2v) is 4.38. The van der Waals surface area contributed by atoms with Gasteiger partial charge in [0, 0.05) is 19.1 Å². The van der Waals surface area contributed by atoms with Crippen LogP contribution in [0.1, 0.15) is 19.4 Å². The van der Waals surface area contributed by atoms with Crippen LogP contribution in [0.15, 0.2) is 24.3 Å². The van der Waals surface area contributed by atoms with Crippen LogP contribution in [0.2, 0.25) is 0 Å². The highest BCUT2D eigenvalue weighted by Crippen LogP contribution is 2.11. The van der Waals surface area contributed by atoms with E-state index in [4.69, 9.17) is 10.5 Å². The summed E-state index contributed by atoms with van der Waals surface area (Å²) >= 11 is 0. The Morgan fingerprint density at radius 1 is 1.29 bits per heavy atom. The van der Waals surface area contributed by atoms with Gasteiger partial charge in [-0.25, -0.2) is 0 Å². The Kier molecular flexibility index (Phi) is 5.97. The highest BCUT2D eigenvalue weighted by Gasteiger charge is 2.05. The summed E-state index contributed by atoms with van der Waals surface area (Å²) in [4.78, 5) is 0. The number of aliphatic hydroxyl groups is 1. The molecule has 96 valence electrons. The first kappa shape index (κ1) is 14.0. The molecule has 1 rings (SSSR count). The molecule has 0 heterocycles. The van der Waals surface area contributed by atoms with Crippen LogP contribution in [-0.2, 0) is 6.54 Å². The first-order chi connectivity index (χ1) is 8.11. The summed E-state index contributed by atoms with van der Waals surface area (Å²) < 4.78 is 5.47. The van der Waals surface area contributed by atoms with Crippen molar-refractivity contribution in [2.24, 2.45) is 5.73 Å². The quantitative estimate of drug-likeness (QED) is 0.660. The standard InChI is InChI=1S/C13H22N2O2/c1-10(2)15-8-12(16)9-17-13-5-3-11(7-14)4-6-13/h3-6,10,12,15-16H,7-9,14H2,1-2H3. The van der Waals surface area contributed by atoms with E-state index in [1.165, 1.54) is 0 Å². The van der Waals surface area contributed by atoms with Crippen LogP contribution in [-0.4, -0.2) is 30.4 Å². The van der Waals surface area contributed by atoms with Gasteiger partial charge < -0.3 is 20.9 Å². The van der Waals surface area contributed by atoms with E-state index < -0.39 is 6.10 Å². The minimum atomic E-state index is -0.494. The summed E-state index contributed by atoms with van der Waals surface area (Å²) in [6.07, 6.45) is -0.494. The molecule has 1 aromatic carbocycles. The molecular weight excluding hydrogens is 216 g/mol. The van der Waals surface area contributed by atoms with Crippen LogP contribution in [0.4, 0.5) is 0 Å². The molecule has 4 heteroatoms. The number of ether oxygens (including phenoxy) is 1. The van der Waals surface area contributed by atoms with E-state index in [2.05, 4.69) is 5.32 Å². The van der Waals surface area contributed by atoms with Gasteiger partial charge in [-0.3, -0.25) is 0 Å². The predicted molar refractivity (Wildman–Crippen MR) is 69.0 cm³/mol. The van der Waals surface area contributed by atoms with Crippen molar-refractivity contribution in [3.63, 3.8) is 0 Å². The Labute approximate surface area is 103 Å². The van der Waals surface area contributed by atoms with Crippen molar-refractivity contribution in [1.82, 2.24) is 5.32 Å². The average molecular weight is 238 g/mol. The third-order valence-corrected chi connectivity index (χ3v) is 2.36. The molecule has 17 heavy (non-hydrogen) atoms. The monoisotopic (exact) mass is 238 g/mol. The fraction of sp³-hybridized carbons (Fsp3) is 0.538. The van der Waals surface area contributed by atoms with Gasteiger partial charge in [-0.2, -0.15) is 0 Å². The maximum absolute atomic E-state index is 9.65. The highest BCUT2D eigenvalue weighted by molar-refractivity contribution is 5.27. The van der Waals surface area contributed by atoms with Gasteiger partial charge in [-0.15, -0.1) is 0 Å². The van der Waals surface area contributed by atoms with Crippen LogP contribution in [0.3, 0.4) is 0 Å². The summed E-state index contributed by atoms with van der Waals surface area (Å²) in [5.74, 6) is 0.755. The van der Waals surface area contributed by atoms with Gasteiger partial charge in [0.1, 0.15) is 18.5 Å². The van der Waals surface area contributed by atoms with E-state index in [0.717, 1.165) is 11.3 Å². The van der Waals surface area contributed by atoms with Crippen LogP contribution in [0.25, 0.3) is 0 Å². The summed E-state index contributed by atoms with van der Waals surface area (Å²) in [6.45, 7) is 5.44. The lowest BCUT2D eigenvalue weighted by molar-refractivity contribution is 0.104. The largest absolute Gasteiger partial charge is 0.491 e. The van der Waals surface area contributed by atoms with Gasteiger partial charge in [-0.05, 0) is 17.7 Å². The molecule has 1 aromatic rings. The second-order valence-electron chi connectivity index (χ2n) is 4.38. The number of hydrogen-bond donors (Lipinski definition) is 3. The first-order valence-electron chi connectivity index (χ1n) is 5.95. The molecule has 0 saturated carbocycles. The molecule has 0 bridgehead atoms. The van der Waals surface area contributed by atoms with Crippen molar-refractivity contribution in [3.05, 3.63) is 29.8 Å². The number of hydrogen-bond acceptors (Lipinski definition) is 4. The number of rotatable bonds is 7. The molecule has 0 fully saturated rings. The molecular formula is C13H22N2O2. The number of aliphatic hydroxyl groups excluding tert-OH is 1. The maximum Gasteiger partial charge on any atom is 0.119 e. The summed E-state index contributed by atoms with van der Waals surface area (Å²) in [5.41, 5.74) is 6.57. The van der Waals surface area contributed by atoms with E-state index >= 15 is 0 Å². The van der Waals surface area contributed by atoms with E-state index in [-0.39, 0.29) is 0 Å². The van der Waals surface area contributed by atoms with Gasteiger partial charge >= 0.3 is 0 Å². The Hall–Kier alpha value is -1.10. The summed E-state index contributed by atoms with van der Waals surface area (Å²) in [5, 5.41) is 12.8. The van der Waals surface area contributed by atoms with Crippen LogP contribution in [0.5, 0.6) is 5.75 Å². The van der Waals surface area contributed by atoms with Crippen LogP contribution < -0.4 is 15.8 Å². The molecule has 0 saturated heterocycles. The summed E-state index contributed by atoms with van der Waals surface area (Å²) in [7, 11) is 0.